The van der Waals surface area contributed by atoms with E-state index in [2.05, 4.69) is 10.6 Å². The number of hydrogen-bond donors (Lipinski definition) is 3. The molecule has 0 saturated carbocycles. The van der Waals surface area contributed by atoms with Crippen LogP contribution in [0.2, 0.25) is 0 Å². The lowest BCUT2D eigenvalue weighted by Gasteiger charge is -2.20. The van der Waals surface area contributed by atoms with E-state index in [0.717, 1.165) is 13.0 Å². The van der Waals surface area contributed by atoms with Crippen LogP contribution in [0.4, 0.5) is 0 Å². The summed E-state index contributed by atoms with van der Waals surface area (Å²) in [6.07, 6.45) is 1.27. The van der Waals surface area contributed by atoms with Crippen molar-refractivity contribution in [3.8, 4) is 0 Å². The van der Waals surface area contributed by atoms with Gasteiger partial charge in [0.15, 0.2) is 0 Å². The smallest absolute Gasteiger partial charge is 0.236 e. The zero-order chi connectivity index (χ0) is 11.8. The van der Waals surface area contributed by atoms with Gasteiger partial charge < -0.3 is 15.7 Å². The summed E-state index contributed by atoms with van der Waals surface area (Å²) in [5.74, 6) is 0.0225. The molecule has 3 atom stereocenters. The number of aliphatic hydroxyl groups excluding tert-OH is 1. The van der Waals surface area contributed by atoms with Crippen LogP contribution < -0.4 is 10.6 Å². The molecule has 0 bridgehead atoms. The van der Waals surface area contributed by atoms with Gasteiger partial charge in [0, 0.05) is 12.6 Å². The van der Waals surface area contributed by atoms with Gasteiger partial charge in [-0.05, 0) is 33.6 Å². The molecule has 0 aromatic rings. The summed E-state index contributed by atoms with van der Waals surface area (Å²) in [6.45, 7) is 8.30. The highest BCUT2D eigenvalue weighted by atomic mass is 16.3. The molecule has 0 heterocycles. The lowest BCUT2D eigenvalue weighted by molar-refractivity contribution is -0.122. The summed E-state index contributed by atoms with van der Waals surface area (Å²) in [4.78, 5) is 11.5. The summed E-state index contributed by atoms with van der Waals surface area (Å²) in [7, 11) is 0. The van der Waals surface area contributed by atoms with Gasteiger partial charge in [0.2, 0.25) is 5.91 Å². The summed E-state index contributed by atoms with van der Waals surface area (Å²) < 4.78 is 0. The second-order valence-corrected chi connectivity index (χ2v) is 4.17. The molecule has 0 spiro atoms. The van der Waals surface area contributed by atoms with Crippen molar-refractivity contribution in [2.45, 2.75) is 58.7 Å². The van der Waals surface area contributed by atoms with Gasteiger partial charge >= 0.3 is 0 Å². The normalized spacial score (nSPS) is 16.9. The van der Waals surface area contributed by atoms with Crippen molar-refractivity contribution in [1.29, 1.82) is 0 Å². The molecular weight excluding hydrogens is 192 g/mol. The minimum atomic E-state index is -0.335. The number of carbonyl (C=O) groups excluding carboxylic acids is 1. The molecule has 0 aliphatic carbocycles. The van der Waals surface area contributed by atoms with Gasteiger partial charge in [-0.25, -0.2) is 0 Å². The maximum absolute atomic E-state index is 11.5. The molecule has 15 heavy (non-hydrogen) atoms. The van der Waals surface area contributed by atoms with E-state index < -0.39 is 0 Å². The molecule has 0 radical (unpaired) electrons. The second kappa shape index (κ2) is 7.65. The fraction of sp³-hybridized carbons (Fsp3) is 0.909. The van der Waals surface area contributed by atoms with Crippen molar-refractivity contribution in [1.82, 2.24) is 10.6 Å². The van der Waals surface area contributed by atoms with Crippen molar-refractivity contribution < 1.29 is 9.90 Å². The first-order valence-corrected chi connectivity index (χ1v) is 5.69. The zero-order valence-electron chi connectivity index (χ0n) is 10.2. The predicted octanol–water partition coefficient (Wildman–Crippen LogP) is 0.650. The highest BCUT2D eigenvalue weighted by Gasteiger charge is 2.15. The Bertz CT molecular complexity index is 183. The van der Waals surface area contributed by atoms with Crippen molar-refractivity contribution in [3.63, 3.8) is 0 Å². The number of hydrogen-bond acceptors (Lipinski definition) is 3. The quantitative estimate of drug-likeness (QED) is 0.585. The van der Waals surface area contributed by atoms with Crippen molar-refractivity contribution in [2.24, 2.45) is 0 Å². The minimum absolute atomic E-state index is 0.0225. The van der Waals surface area contributed by atoms with E-state index in [1.165, 1.54) is 0 Å². The van der Waals surface area contributed by atoms with Gasteiger partial charge in [-0.1, -0.05) is 6.92 Å². The molecular formula is C11H24N2O2. The molecule has 0 aliphatic rings. The molecule has 4 nitrogen and oxygen atoms in total. The third-order valence-electron chi connectivity index (χ3n) is 2.17. The van der Waals surface area contributed by atoms with Crippen LogP contribution in [0.25, 0.3) is 0 Å². The van der Waals surface area contributed by atoms with Crippen molar-refractivity contribution >= 4 is 5.91 Å². The molecule has 0 saturated heterocycles. The van der Waals surface area contributed by atoms with E-state index in [-0.39, 0.29) is 24.1 Å². The number of aliphatic hydroxyl groups is 1. The highest BCUT2D eigenvalue weighted by molar-refractivity contribution is 5.81. The van der Waals surface area contributed by atoms with Crippen LogP contribution in [-0.4, -0.2) is 35.7 Å². The summed E-state index contributed by atoms with van der Waals surface area (Å²) in [6, 6.07) is -0.0577. The van der Waals surface area contributed by atoms with Gasteiger partial charge in [0.05, 0.1) is 12.1 Å². The van der Waals surface area contributed by atoms with Crippen LogP contribution in [0.3, 0.4) is 0 Å². The van der Waals surface area contributed by atoms with Gasteiger partial charge in [0.1, 0.15) is 0 Å². The van der Waals surface area contributed by atoms with E-state index in [0.29, 0.717) is 6.42 Å². The van der Waals surface area contributed by atoms with E-state index in [1.54, 1.807) is 6.92 Å². The zero-order valence-corrected chi connectivity index (χ0v) is 10.2. The Morgan fingerprint density at radius 1 is 1.33 bits per heavy atom. The molecule has 90 valence electrons. The lowest BCUT2D eigenvalue weighted by Crippen LogP contribution is -2.46. The first-order chi connectivity index (χ1) is 6.97. The molecule has 0 aliphatic heterocycles. The van der Waals surface area contributed by atoms with Crippen LogP contribution in [0.1, 0.15) is 40.5 Å². The molecule has 3 unspecified atom stereocenters. The van der Waals surface area contributed by atoms with Crippen LogP contribution in [0.15, 0.2) is 0 Å². The topological polar surface area (TPSA) is 61.4 Å². The Hall–Kier alpha value is -0.610. The largest absolute Gasteiger partial charge is 0.393 e. The third kappa shape index (κ3) is 7.33. The van der Waals surface area contributed by atoms with Gasteiger partial charge in [0.25, 0.3) is 0 Å². The third-order valence-corrected chi connectivity index (χ3v) is 2.17. The average molecular weight is 216 g/mol. The first kappa shape index (κ1) is 14.4. The molecule has 3 N–H and O–H groups in total. The highest BCUT2D eigenvalue weighted by Crippen LogP contribution is 1.98. The monoisotopic (exact) mass is 216 g/mol. The maximum atomic E-state index is 11.5. The Morgan fingerprint density at radius 3 is 2.40 bits per heavy atom. The molecule has 0 rings (SSSR count). The van der Waals surface area contributed by atoms with E-state index >= 15 is 0 Å². The van der Waals surface area contributed by atoms with Crippen LogP contribution >= 0.6 is 0 Å². The summed E-state index contributed by atoms with van der Waals surface area (Å²) in [5, 5.41) is 15.1. The Labute approximate surface area is 92.4 Å². The Balaban J connectivity index is 3.79. The predicted molar refractivity (Wildman–Crippen MR) is 61.7 cm³/mol. The number of amides is 1. The fourth-order valence-corrected chi connectivity index (χ4v) is 1.48. The molecule has 0 aromatic carbocycles. The van der Waals surface area contributed by atoms with Crippen LogP contribution in [0.5, 0.6) is 0 Å². The molecule has 0 aromatic heterocycles. The van der Waals surface area contributed by atoms with Crippen molar-refractivity contribution in [3.05, 3.63) is 0 Å². The molecule has 4 heteroatoms. The first-order valence-electron chi connectivity index (χ1n) is 5.69. The van der Waals surface area contributed by atoms with Crippen molar-refractivity contribution in [2.75, 3.05) is 6.54 Å². The SMILES string of the molecule is CCCNC(=O)C(C)NC(C)CC(C)O. The second-order valence-electron chi connectivity index (χ2n) is 4.17. The van der Waals surface area contributed by atoms with E-state index in [1.807, 2.05) is 20.8 Å². The number of rotatable bonds is 7. The Morgan fingerprint density at radius 2 is 1.93 bits per heavy atom. The average Bonchev–Trinajstić information content (AvgIpc) is 2.12. The summed E-state index contributed by atoms with van der Waals surface area (Å²) in [5.41, 5.74) is 0. The van der Waals surface area contributed by atoms with E-state index in [9.17, 15) is 9.90 Å². The van der Waals surface area contributed by atoms with Gasteiger partial charge in [-0.2, -0.15) is 0 Å². The number of nitrogens with one attached hydrogen (secondary N) is 2. The fourth-order valence-electron chi connectivity index (χ4n) is 1.48. The van der Waals surface area contributed by atoms with E-state index in [4.69, 9.17) is 0 Å². The van der Waals surface area contributed by atoms with Gasteiger partial charge in [-0.15, -0.1) is 0 Å². The Kier molecular flexibility index (Phi) is 7.34. The minimum Gasteiger partial charge on any atom is -0.393 e. The molecule has 1 amide bonds. The maximum Gasteiger partial charge on any atom is 0.236 e. The van der Waals surface area contributed by atoms with Gasteiger partial charge in [-0.3, -0.25) is 4.79 Å². The summed E-state index contributed by atoms with van der Waals surface area (Å²) >= 11 is 0. The van der Waals surface area contributed by atoms with Crippen LogP contribution in [0, 0.1) is 0 Å². The number of carbonyl (C=O) groups is 1. The van der Waals surface area contributed by atoms with Crippen LogP contribution in [-0.2, 0) is 4.79 Å². The standard InChI is InChI=1S/C11H24N2O2/c1-5-6-12-11(15)10(4)13-8(2)7-9(3)14/h8-10,13-14H,5-7H2,1-4H3,(H,12,15). The lowest BCUT2D eigenvalue weighted by atomic mass is 10.1. The molecule has 0 fully saturated rings.